The molecular formula is C10H10ClFO2. The molecule has 1 aliphatic carbocycles. The Morgan fingerprint density at radius 2 is 2.07 bits per heavy atom. The Morgan fingerprint density at radius 1 is 1.50 bits per heavy atom. The van der Waals surface area contributed by atoms with Crippen LogP contribution in [0.25, 0.3) is 0 Å². The van der Waals surface area contributed by atoms with Gasteiger partial charge in [0.1, 0.15) is 11.6 Å². The predicted molar refractivity (Wildman–Crippen MR) is 50.9 cm³/mol. The highest BCUT2D eigenvalue weighted by molar-refractivity contribution is 6.32. The molecule has 1 fully saturated rings. The summed E-state index contributed by atoms with van der Waals surface area (Å²) in [5.74, 6) is -0.901. The van der Waals surface area contributed by atoms with Crippen LogP contribution < -0.4 is 0 Å². The lowest BCUT2D eigenvalue weighted by molar-refractivity contribution is 0.142. The fraction of sp³-hybridized carbons (Fsp3) is 0.400. The van der Waals surface area contributed by atoms with E-state index in [1.165, 1.54) is 6.07 Å². The van der Waals surface area contributed by atoms with Crippen molar-refractivity contribution in [2.24, 2.45) is 0 Å². The Balaban J connectivity index is 2.68. The molecule has 4 heteroatoms. The van der Waals surface area contributed by atoms with Crippen molar-refractivity contribution in [3.63, 3.8) is 0 Å². The first kappa shape index (κ1) is 9.74. The molecule has 0 aliphatic heterocycles. The van der Waals surface area contributed by atoms with Gasteiger partial charge in [-0.25, -0.2) is 4.39 Å². The van der Waals surface area contributed by atoms with Crippen molar-refractivity contribution in [3.8, 4) is 5.75 Å². The number of halogens is 2. The zero-order chi connectivity index (χ0) is 10.5. The van der Waals surface area contributed by atoms with E-state index in [9.17, 15) is 14.6 Å². The summed E-state index contributed by atoms with van der Waals surface area (Å²) in [6.07, 6.45) is 0.939. The summed E-state index contributed by atoms with van der Waals surface area (Å²) in [5.41, 5.74) is -0.922. The SMILES string of the molecule is Cc1cc(Cl)c(O)c(C2(O)CC2)c1F. The molecule has 1 aromatic rings. The maximum Gasteiger partial charge on any atom is 0.143 e. The monoisotopic (exact) mass is 216 g/mol. The first-order chi connectivity index (χ1) is 6.46. The molecule has 0 heterocycles. The second-order valence-electron chi connectivity index (χ2n) is 3.74. The van der Waals surface area contributed by atoms with Gasteiger partial charge in [0.2, 0.25) is 0 Å². The standard InChI is InChI=1S/C10H10ClFO2/c1-5-4-6(11)9(13)7(8(5)12)10(14)2-3-10/h4,13-14H,2-3H2,1H3. The molecular weight excluding hydrogens is 207 g/mol. The molecule has 0 aromatic heterocycles. The highest BCUT2D eigenvalue weighted by Crippen LogP contribution is 2.51. The minimum Gasteiger partial charge on any atom is -0.506 e. The highest BCUT2D eigenvalue weighted by atomic mass is 35.5. The van der Waals surface area contributed by atoms with Crippen LogP contribution in [0, 0.1) is 12.7 Å². The molecule has 14 heavy (non-hydrogen) atoms. The van der Waals surface area contributed by atoms with Gasteiger partial charge < -0.3 is 10.2 Å². The first-order valence-electron chi connectivity index (χ1n) is 4.36. The van der Waals surface area contributed by atoms with E-state index in [-0.39, 0.29) is 16.3 Å². The van der Waals surface area contributed by atoms with E-state index in [0.717, 1.165) is 0 Å². The van der Waals surface area contributed by atoms with Gasteiger partial charge in [0.05, 0.1) is 16.2 Å². The van der Waals surface area contributed by atoms with Crippen LogP contribution in [0.3, 0.4) is 0 Å². The van der Waals surface area contributed by atoms with Crippen molar-refractivity contribution in [1.82, 2.24) is 0 Å². The number of rotatable bonds is 1. The zero-order valence-corrected chi connectivity index (χ0v) is 8.40. The van der Waals surface area contributed by atoms with Crippen molar-refractivity contribution >= 4 is 11.6 Å². The average molecular weight is 217 g/mol. The number of phenolic OH excluding ortho intramolecular Hbond substituents is 1. The zero-order valence-electron chi connectivity index (χ0n) is 7.64. The van der Waals surface area contributed by atoms with Gasteiger partial charge >= 0.3 is 0 Å². The molecule has 0 saturated heterocycles. The van der Waals surface area contributed by atoms with Crippen LogP contribution in [-0.2, 0) is 5.60 Å². The summed E-state index contributed by atoms with van der Waals surface area (Å²) >= 11 is 5.70. The van der Waals surface area contributed by atoms with E-state index in [4.69, 9.17) is 11.6 Å². The van der Waals surface area contributed by atoms with E-state index in [0.29, 0.717) is 18.4 Å². The molecule has 0 spiro atoms. The molecule has 0 radical (unpaired) electrons. The summed E-state index contributed by atoms with van der Waals surface area (Å²) in [4.78, 5) is 0. The van der Waals surface area contributed by atoms with Crippen LogP contribution in [0.15, 0.2) is 6.07 Å². The van der Waals surface area contributed by atoms with Gasteiger partial charge in [0, 0.05) is 0 Å². The molecule has 1 aliphatic rings. The Hall–Kier alpha value is -0.800. The molecule has 0 unspecified atom stereocenters. The maximum absolute atomic E-state index is 13.6. The Labute approximate surface area is 85.9 Å². The van der Waals surface area contributed by atoms with Gasteiger partial charge in [-0.3, -0.25) is 0 Å². The van der Waals surface area contributed by atoms with Crippen molar-refractivity contribution in [2.75, 3.05) is 0 Å². The maximum atomic E-state index is 13.6. The van der Waals surface area contributed by atoms with Gasteiger partial charge in [-0.1, -0.05) is 11.6 Å². The highest BCUT2D eigenvalue weighted by Gasteiger charge is 2.47. The van der Waals surface area contributed by atoms with Crippen LogP contribution in [0.5, 0.6) is 5.75 Å². The lowest BCUT2D eigenvalue weighted by Crippen LogP contribution is -2.09. The predicted octanol–water partition coefficient (Wildman–Crippen LogP) is 2.47. The minimum absolute atomic E-state index is 0.0532. The molecule has 0 bridgehead atoms. The fourth-order valence-electron chi connectivity index (χ4n) is 1.54. The average Bonchev–Trinajstić information content (AvgIpc) is 2.81. The fourth-order valence-corrected chi connectivity index (χ4v) is 1.79. The molecule has 2 rings (SSSR count). The molecule has 1 aromatic carbocycles. The van der Waals surface area contributed by atoms with Crippen LogP contribution in [0.2, 0.25) is 5.02 Å². The van der Waals surface area contributed by atoms with Crippen molar-refractivity contribution < 1.29 is 14.6 Å². The van der Waals surface area contributed by atoms with Gasteiger partial charge in [-0.2, -0.15) is 0 Å². The van der Waals surface area contributed by atoms with E-state index in [2.05, 4.69) is 0 Å². The van der Waals surface area contributed by atoms with Crippen molar-refractivity contribution in [1.29, 1.82) is 0 Å². The lowest BCUT2D eigenvalue weighted by Gasteiger charge is -2.14. The van der Waals surface area contributed by atoms with E-state index >= 15 is 0 Å². The summed E-state index contributed by atoms with van der Waals surface area (Å²) in [7, 11) is 0. The molecule has 1 saturated carbocycles. The normalized spacial score (nSPS) is 18.3. The quantitative estimate of drug-likeness (QED) is 0.757. The summed E-state index contributed by atoms with van der Waals surface area (Å²) < 4.78 is 13.6. The van der Waals surface area contributed by atoms with Crippen LogP contribution in [0.1, 0.15) is 24.0 Å². The van der Waals surface area contributed by atoms with Gasteiger partial charge in [-0.15, -0.1) is 0 Å². The van der Waals surface area contributed by atoms with Gasteiger partial charge in [0.15, 0.2) is 0 Å². The number of aromatic hydroxyl groups is 1. The first-order valence-corrected chi connectivity index (χ1v) is 4.74. The van der Waals surface area contributed by atoms with Crippen LogP contribution in [-0.4, -0.2) is 10.2 Å². The Morgan fingerprint density at radius 3 is 2.57 bits per heavy atom. The lowest BCUT2D eigenvalue weighted by atomic mass is 10.0. The number of aliphatic hydroxyl groups is 1. The number of hydrogen-bond acceptors (Lipinski definition) is 2. The Bertz CT molecular complexity index is 373. The minimum atomic E-state index is -1.20. The number of phenols is 1. The number of benzene rings is 1. The van der Waals surface area contributed by atoms with Crippen molar-refractivity contribution in [3.05, 3.63) is 28.0 Å². The van der Waals surface area contributed by atoms with E-state index in [1.54, 1.807) is 6.92 Å². The third kappa shape index (κ3) is 1.28. The number of aryl methyl sites for hydroxylation is 1. The number of hydrogen-bond donors (Lipinski definition) is 2. The van der Waals surface area contributed by atoms with Gasteiger partial charge in [-0.05, 0) is 31.4 Å². The molecule has 0 amide bonds. The Kier molecular flexibility index (Phi) is 1.98. The summed E-state index contributed by atoms with van der Waals surface area (Å²) in [5, 5.41) is 19.4. The summed E-state index contributed by atoms with van der Waals surface area (Å²) in [6, 6.07) is 1.35. The topological polar surface area (TPSA) is 40.5 Å². The molecule has 2 nitrogen and oxygen atoms in total. The van der Waals surface area contributed by atoms with E-state index < -0.39 is 11.4 Å². The van der Waals surface area contributed by atoms with Crippen molar-refractivity contribution in [2.45, 2.75) is 25.4 Å². The van der Waals surface area contributed by atoms with E-state index in [1.807, 2.05) is 0 Å². The summed E-state index contributed by atoms with van der Waals surface area (Å²) in [6.45, 7) is 1.55. The third-order valence-corrected chi connectivity index (χ3v) is 2.85. The van der Waals surface area contributed by atoms with Crippen LogP contribution in [0.4, 0.5) is 4.39 Å². The second-order valence-corrected chi connectivity index (χ2v) is 4.15. The largest absolute Gasteiger partial charge is 0.506 e. The third-order valence-electron chi connectivity index (χ3n) is 2.56. The smallest absolute Gasteiger partial charge is 0.143 e. The van der Waals surface area contributed by atoms with Gasteiger partial charge in [0.25, 0.3) is 0 Å². The molecule has 2 N–H and O–H groups in total. The molecule has 76 valence electrons. The second kappa shape index (κ2) is 2.84. The molecule has 0 atom stereocenters. The van der Waals surface area contributed by atoms with Crippen LogP contribution >= 0.6 is 11.6 Å².